The number of hydrogen-bond acceptors (Lipinski definition) is 0. The quantitative estimate of drug-likeness (QED) is 0.441. The molecule has 0 saturated heterocycles. The Hall–Kier alpha value is -0.0431. The third-order valence-corrected chi connectivity index (χ3v) is 5.28. The summed E-state index contributed by atoms with van der Waals surface area (Å²) in [5.74, 6) is 0.941. The Kier molecular flexibility index (Phi) is 4.45. The summed E-state index contributed by atoms with van der Waals surface area (Å²) in [4.78, 5) is 0. The Morgan fingerprint density at radius 2 is 1.62 bits per heavy atom. The Balaban J connectivity index is 2.43. The maximum atomic E-state index is 2.57. The molecule has 0 bridgehead atoms. The van der Waals surface area contributed by atoms with Crippen molar-refractivity contribution in [1.29, 1.82) is 0 Å². The highest BCUT2D eigenvalue weighted by Crippen LogP contribution is 2.39. The lowest BCUT2D eigenvalue weighted by atomic mass is 9.71. The monoisotopic (exact) mass is 238 g/mol. The molecule has 1 fully saturated rings. The van der Waals surface area contributed by atoms with Crippen LogP contribution >= 0.6 is 0 Å². The standard InChI is InChI=1S/C15H30Si/c1-15(2,3)14-9-7-13(8-10-14)11-12-16(4,5)6/h11,14H,7-10,12H2,1-6H3. The first-order valence-electron chi connectivity index (χ1n) is 6.86. The fourth-order valence-electron chi connectivity index (χ4n) is 2.51. The van der Waals surface area contributed by atoms with Gasteiger partial charge in [-0.25, -0.2) is 0 Å². The molecule has 0 nitrogen and oxygen atoms in total. The van der Waals surface area contributed by atoms with Gasteiger partial charge in [-0.15, -0.1) is 0 Å². The molecule has 0 N–H and O–H groups in total. The van der Waals surface area contributed by atoms with Crippen molar-refractivity contribution in [2.45, 2.75) is 72.1 Å². The fourth-order valence-corrected chi connectivity index (χ4v) is 3.41. The fraction of sp³-hybridized carbons (Fsp3) is 0.867. The van der Waals surface area contributed by atoms with Gasteiger partial charge in [0.2, 0.25) is 0 Å². The Morgan fingerprint density at radius 1 is 1.12 bits per heavy atom. The van der Waals surface area contributed by atoms with Gasteiger partial charge in [-0.2, -0.15) is 0 Å². The molecule has 0 unspecified atom stereocenters. The largest absolute Gasteiger partial charge is 0.0880 e. The molecule has 0 atom stereocenters. The summed E-state index contributed by atoms with van der Waals surface area (Å²) in [6, 6.07) is 1.38. The lowest BCUT2D eigenvalue weighted by Gasteiger charge is -2.35. The summed E-state index contributed by atoms with van der Waals surface area (Å²) < 4.78 is 0. The van der Waals surface area contributed by atoms with Gasteiger partial charge in [0.25, 0.3) is 0 Å². The summed E-state index contributed by atoms with van der Waals surface area (Å²) in [6.07, 6.45) is 8.14. The van der Waals surface area contributed by atoms with Crippen molar-refractivity contribution in [3.8, 4) is 0 Å². The van der Waals surface area contributed by atoms with Gasteiger partial charge < -0.3 is 0 Å². The molecule has 0 spiro atoms. The molecule has 1 rings (SSSR count). The molecule has 0 amide bonds. The van der Waals surface area contributed by atoms with E-state index in [0.29, 0.717) is 5.41 Å². The van der Waals surface area contributed by atoms with Crippen molar-refractivity contribution in [2.75, 3.05) is 0 Å². The summed E-state index contributed by atoms with van der Waals surface area (Å²) >= 11 is 0. The van der Waals surface area contributed by atoms with Crippen LogP contribution in [0.4, 0.5) is 0 Å². The van der Waals surface area contributed by atoms with Crippen LogP contribution in [-0.2, 0) is 0 Å². The van der Waals surface area contributed by atoms with Crippen LogP contribution in [-0.4, -0.2) is 8.07 Å². The zero-order chi connectivity index (χ0) is 12.4. The summed E-state index contributed by atoms with van der Waals surface area (Å²) in [5, 5.41) is 0. The molecular formula is C15H30Si. The van der Waals surface area contributed by atoms with Crippen LogP contribution in [0.3, 0.4) is 0 Å². The zero-order valence-corrected chi connectivity index (χ0v) is 13.2. The molecule has 0 aromatic carbocycles. The van der Waals surface area contributed by atoms with Gasteiger partial charge in [-0.05, 0) is 43.1 Å². The molecule has 0 radical (unpaired) electrons. The predicted molar refractivity (Wildman–Crippen MR) is 77.6 cm³/mol. The van der Waals surface area contributed by atoms with Crippen molar-refractivity contribution in [3.63, 3.8) is 0 Å². The Bertz CT molecular complexity index is 240. The molecule has 1 aliphatic rings. The van der Waals surface area contributed by atoms with Crippen molar-refractivity contribution < 1.29 is 0 Å². The first-order chi connectivity index (χ1) is 7.18. The highest BCUT2D eigenvalue weighted by molar-refractivity contribution is 6.76. The van der Waals surface area contributed by atoms with Gasteiger partial charge in [0.1, 0.15) is 0 Å². The van der Waals surface area contributed by atoms with Crippen LogP contribution in [0.1, 0.15) is 46.5 Å². The van der Waals surface area contributed by atoms with Crippen LogP contribution < -0.4 is 0 Å². The molecule has 1 saturated carbocycles. The highest BCUT2D eigenvalue weighted by Gasteiger charge is 2.27. The van der Waals surface area contributed by atoms with Crippen LogP contribution in [0, 0.1) is 11.3 Å². The van der Waals surface area contributed by atoms with E-state index in [0.717, 1.165) is 5.92 Å². The second kappa shape index (κ2) is 5.08. The third-order valence-electron chi connectivity index (χ3n) is 3.86. The van der Waals surface area contributed by atoms with Crippen LogP contribution in [0.15, 0.2) is 11.6 Å². The number of allylic oxidation sites excluding steroid dienone is 2. The number of rotatable bonds is 2. The van der Waals surface area contributed by atoms with E-state index in [-0.39, 0.29) is 0 Å². The van der Waals surface area contributed by atoms with E-state index in [2.05, 4.69) is 46.5 Å². The van der Waals surface area contributed by atoms with E-state index < -0.39 is 8.07 Å². The minimum atomic E-state index is -0.871. The van der Waals surface area contributed by atoms with Gasteiger partial charge >= 0.3 is 0 Å². The van der Waals surface area contributed by atoms with E-state index in [9.17, 15) is 0 Å². The van der Waals surface area contributed by atoms with Gasteiger partial charge in [-0.1, -0.05) is 52.1 Å². The first kappa shape index (κ1) is 14.0. The van der Waals surface area contributed by atoms with E-state index in [1.807, 2.05) is 0 Å². The average Bonchev–Trinajstić information content (AvgIpc) is 2.13. The molecule has 0 aromatic heterocycles. The second-order valence-electron chi connectivity index (χ2n) is 7.77. The minimum Gasteiger partial charge on any atom is -0.0880 e. The molecule has 94 valence electrons. The van der Waals surface area contributed by atoms with Gasteiger partial charge in [0.15, 0.2) is 0 Å². The van der Waals surface area contributed by atoms with Crippen LogP contribution in [0.25, 0.3) is 0 Å². The predicted octanol–water partition coefficient (Wildman–Crippen LogP) is 5.49. The van der Waals surface area contributed by atoms with Crippen LogP contribution in [0.2, 0.25) is 25.7 Å². The lowest BCUT2D eigenvalue weighted by molar-refractivity contribution is 0.197. The highest BCUT2D eigenvalue weighted by atomic mass is 28.3. The van der Waals surface area contributed by atoms with E-state index in [1.165, 1.54) is 31.7 Å². The van der Waals surface area contributed by atoms with E-state index in [4.69, 9.17) is 0 Å². The molecule has 16 heavy (non-hydrogen) atoms. The van der Waals surface area contributed by atoms with Crippen LogP contribution in [0.5, 0.6) is 0 Å². The van der Waals surface area contributed by atoms with Crippen molar-refractivity contribution in [1.82, 2.24) is 0 Å². The Morgan fingerprint density at radius 3 is 2.00 bits per heavy atom. The molecule has 0 heterocycles. The maximum Gasteiger partial charge on any atom is 0.0480 e. The van der Waals surface area contributed by atoms with E-state index in [1.54, 1.807) is 5.57 Å². The lowest BCUT2D eigenvalue weighted by Crippen LogP contribution is -2.23. The molecular weight excluding hydrogens is 208 g/mol. The third kappa shape index (κ3) is 4.86. The summed E-state index contributed by atoms with van der Waals surface area (Å²) in [5.41, 5.74) is 2.27. The normalized spacial score (nSPS) is 23.4. The summed E-state index contributed by atoms with van der Waals surface area (Å²) in [6.45, 7) is 14.6. The smallest absolute Gasteiger partial charge is 0.0480 e. The van der Waals surface area contributed by atoms with Gasteiger partial charge in [0.05, 0.1) is 0 Å². The SMILES string of the molecule is CC(C)(C)C1CCC(=CC[Si](C)(C)C)CC1. The topological polar surface area (TPSA) is 0 Å². The number of hydrogen-bond donors (Lipinski definition) is 0. The second-order valence-corrected chi connectivity index (χ2v) is 13.3. The zero-order valence-electron chi connectivity index (χ0n) is 12.2. The average molecular weight is 238 g/mol. The molecule has 0 aliphatic heterocycles. The van der Waals surface area contributed by atoms with E-state index >= 15 is 0 Å². The minimum absolute atomic E-state index is 0.518. The first-order valence-corrected chi connectivity index (χ1v) is 10.6. The van der Waals surface area contributed by atoms with Crippen molar-refractivity contribution in [2.24, 2.45) is 11.3 Å². The van der Waals surface area contributed by atoms with Crippen molar-refractivity contribution >= 4 is 8.07 Å². The Labute approximate surface area is 104 Å². The maximum absolute atomic E-state index is 2.57. The van der Waals surface area contributed by atoms with Gasteiger partial charge in [0, 0.05) is 8.07 Å². The van der Waals surface area contributed by atoms with Crippen molar-refractivity contribution in [3.05, 3.63) is 11.6 Å². The summed E-state index contributed by atoms with van der Waals surface area (Å²) in [7, 11) is -0.871. The molecule has 0 aromatic rings. The van der Waals surface area contributed by atoms with Gasteiger partial charge in [-0.3, -0.25) is 0 Å². The molecule has 1 heteroatoms. The molecule has 1 aliphatic carbocycles.